The first-order chi connectivity index (χ1) is 10.8. The van der Waals surface area contributed by atoms with Gasteiger partial charge in [-0.1, -0.05) is 18.2 Å². The molecule has 4 rings (SSSR count). The Bertz CT molecular complexity index is 669. The number of benzene rings is 1. The van der Waals surface area contributed by atoms with Gasteiger partial charge in [0.25, 0.3) is 5.91 Å². The van der Waals surface area contributed by atoms with E-state index in [1.807, 2.05) is 11.0 Å². The molecule has 4 heteroatoms. The number of hydrogen-bond donors (Lipinski definition) is 0. The second kappa shape index (κ2) is 5.20. The van der Waals surface area contributed by atoms with Crippen LogP contribution in [-0.2, 0) is 6.42 Å². The number of likely N-dealkylation sites (tertiary alicyclic amines) is 1. The lowest BCUT2D eigenvalue weighted by molar-refractivity contribution is -0.0114. The highest BCUT2D eigenvalue weighted by Gasteiger charge is 2.40. The zero-order chi connectivity index (χ0) is 15.0. The number of aryl methyl sites for hydroxylation is 1. The lowest BCUT2D eigenvalue weighted by atomic mass is 9.83. The summed E-state index contributed by atoms with van der Waals surface area (Å²) in [5.74, 6) is 1.42. The average molecular weight is 297 g/mol. The predicted octanol–water partition coefficient (Wildman–Crippen LogP) is 3.28. The fourth-order valence-electron chi connectivity index (χ4n) is 3.48. The van der Waals surface area contributed by atoms with E-state index in [1.54, 1.807) is 18.4 Å². The molecule has 3 heterocycles. The van der Waals surface area contributed by atoms with E-state index in [0.717, 1.165) is 44.5 Å². The SMILES string of the molecule is O=C(c1ccco1)N1CCC2(CCc3ccccc3O2)CC1. The Morgan fingerprint density at radius 1 is 1.05 bits per heavy atom. The summed E-state index contributed by atoms with van der Waals surface area (Å²) >= 11 is 0. The Morgan fingerprint density at radius 2 is 1.86 bits per heavy atom. The largest absolute Gasteiger partial charge is 0.487 e. The Morgan fingerprint density at radius 3 is 2.64 bits per heavy atom. The van der Waals surface area contributed by atoms with Gasteiger partial charge >= 0.3 is 0 Å². The van der Waals surface area contributed by atoms with Crippen molar-refractivity contribution < 1.29 is 13.9 Å². The smallest absolute Gasteiger partial charge is 0.289 e. The normalized spacial score (nSPS) is 19.5. The average Bonchev–Trinajstić information content (AvgIpc) is 3.09. The topological polar surface area (TPSA) is 42.7 Å². The number of amides is 1. The van der Waals surface area contributed by atoms with Crippen molar-refractivity contribution in [2.75, 3.05) is 13.1 Å². The number of nitrogens with zero attached hydrogens (tertiary/aromatic N) is 1. The molecule has 0 radical (unpaired) electrons. The first-order valence-corrected chi connectivity index (χ1v) is 7.86. The fraction of sp³-hybridized carbons (Fsp3) is 0.389. The van der Waals surface area contributed by atoms with Crippen LogP contribution in [0.4, 0.5) is 0 Å². The number of fused-ring (bicyclic) bond motifs is 1. The zero-order valence-electron chi connectivity index (χ0n) is 12.5. The minimum absolute atomic E-state index is 0.0175. The molecule has 1 saturated heterocycles. The van der Waals surface area contributed by atoms with E-state index in [-0.39, 0.29) is 11.5 Å². The van der Waals surface area contributed by atoms with E-state index in [9.17, 15) is 4.79 Å². The Hall–Kier alpha value is -2.23. The number of piperidine rings is 1. The number of carbonyl (C=O) groups is 1. The molecular weight excluding hydrogens is 278 g/mol. The summed E-state index contributed by atoms with van der Waals surface area (Å²) in [5.41, 5.74) is 1.19. The van der Waals surface area contributed by atoms with Crippen LogP contribution in [0.2, 0.25) is 0 Å². The summed E-state index contributed by atoms with van der Waals surface area (Å²) in [6.07, 6.45) is 5.40. The second-order valence-corrected chi connectivity index (χ2v) is 6.16. The van der Waals surface area contributed by atoms with Gasteiger partial charge in [-0.05, 0) is 36.6 Å². The molecule has 1 aromatic heterocycles. The number of hydrogen-bond acceptors (Lipinski definition) is 3. The molecule has 0 atom stereocenters. The van der Waals surface area contributed by atoms with Crippen molar-refractivity contribution in [1.82, 2.24) is 4.90 Å². The van der Waals surface area contributed by atoms with Gasteiger partial charge in [-0.25, -0.2) is 0 Å². The Balaban J connectivity index is 1.45. The molecule has 1 spiro atoms. The van der Waals surface area contributed by atoms with Crippen molar-refractivity contribution >= 4 is 5.91 Å². The van der Waals surface area contributed by atoms with E-state index in [4.69, 9.17) is 9.15 Å². The monoisotopic (exact) mass is 297 g/mol. The number of carbonyl (C=O) groups excluding carboxylic acids is 1. The van der Waals surface area contributed by atoms with Crippen molar-refractivity contribution in [2.45, 2.75) is 31.3 Å². The summed E-state index contributed by atoms with van der Waals surface area (Å²) in [6, 6.07) is 11.7. The van der Waals surface area contributed by atoms with Crippen LogP contribution in [0, 0.1) is 0 Å². The second-order valence-electron chi connectivity index (χ2n) is 6.16. The van der Waals surface area contributed by atoms with Gasteiger partial charge in [0, 0.05) is 25.9 Å². The van der Waals surface area contributed by atoms with Crippen LogP contribution in [0.1, 0.15) is 35.4 Å². The minimum atomic E-state index is -0.103. The van der Waals surface area contributed by atoms with Crippen LogP contribution in [0.25, 0.3) is 0 Å². The molecular formula is C18H19NO3. The maximum Gasteiger partial charge on any atom is 0.289 e. The lowest BCUT2D eigenvalue weighted by Gasteiger charge is -2.44. The van der Waals surface area contributed by atoms with E-state index < -0.39 is 0 Å². The molecule has 0 N–H and O–H groups in total. The molecule has 114 valence electrons. The van der Waals surface area contributed by atoms with Crippen molar-refractivity contribution in [3.05, 3.63) is 54.0 Å². The highest BCUT2D eigenvalue weighted by molar-refractivity contribution is 5.91. The third kappa shape index (κ3) is 2.28. The molecule has 2 aliphatic rings. The summed E-state index contributed by atoms with van der Waals surface area (Å²) < 4.78 is 11.5. The van der Waals surface area contributed by atoms with Crippen LogP contribution in [-0.4, -0.2) is 29.5 Å². The molecule has 22 heavy (non-hydrogen) atoms. The van der Waals surface area contributed by atoms with E-state index in [0.29, 0.717) is 5.76 Å². The van der Waals surface area contributed by atoms with Crippen LogP contribution in [0.5, 0.6) is 5.75 Å². The molecule has 1 aromatic carbocycles. The van der Waals surface area contributed by atoms with Crippen molar-refractivity contribution in [3.8, 4) is 5.75 Å². The summed E-state index contributed by atoms with van der Waals surface area (Å²) in [4.78, 5) is 14.2. The minimum Gasteiger partial charge on any atom is -0.487 e. The van der Waals surface area contributed by atoms with Crippen molar-refractivity contribution in [3.63, 3.8) is 0 Å². The molecule has 4 nitrogen and oxygen atoms in total. The maximum atomic E-state index is 12.3. The van der Waals surface area contributed by atoms with Crippen LogP contribution < -0.4 is 4.74 Å². The summed E-state index contributed by atoms with van der Waals surface area (Å²) in [7, 11) is 0. The van der Waals surface area contributed by atoms with E-state index in [2.05, 4.69) is 18.2 Å². The van der Waals surface area contributed by atoms with Gasteiger partial charge in [-0.3, -0.25) is 4.79 Å². The van der Waals surface area contributed by atoms with Crippen LogP contribution in [0.15, 0.2) is 47.1 Å². The quantitative estimate of drug-likeness (QED) is 0.811. The number of para-hydroxylation sites is 1. The predicted molar refractivity (Wildman–Crippen MR) is 82.0 cm³/mol. The van der Waals surface area contributed by atoms with Crippen LogP contribution in [0.3, 0.4) is 0 Å². The van der Waals surface area contributed by atoms with Crippen molar-refractivity contribution in [1.29, 1.82) is 0 Å². The molecule has 0 bridgehead atoms. The lowest BCUT2D eigenvalue weighted by Crippen LogP contribution is -2.51. The standard InChI is InChI=1S/C18H19NO3/c20-17(16-6-3-13-21-16)19-11-9-18(10-12-19)8-7-14-4-1-2-5-15(14)22-18/h1-6,13H,7-12H2. The van der Waals surface area contributed by atoms with Gasteiger partial charge in [-0.2, -0.15) is 0 Å². The molecule has 1 fully saturated rings. The van der Waals surface area contributed by atoms with Crippen molar-refractivity contribution in [2.24, 2.45) is 0 Å². The molecule has 2 aliphatic heterocycles. The molecule has 0 aliphatic carbocycles. The third-order valence-corrected chi connectivity index (χ3v) is 4.84. The fourth-order valence-corrected chi connectivity index (χ4v) is 3.48. The van der Waals surface area contributed by atoms with Gasteiger partial charge in [0.1, 0.15) is 11.4 Å². The Kier molecular flexibility index (Phi) is 3.17. The van der Waals surface area contributed by atoms with Gasteiger partial charge in [0.15, 0.2) is 5.76 Å². The highest BCUT2D eigenvalue weighted by atomic mass is 16.5. The molecule has 0 unspecified atom stereocenters. The van der Waals surface area contributed by atoms with Gasteiger partial charge in [-0.15, -0.1) is 0 Å². The third-order valence-electron chi connectivity index (χ3n) is 4.84. The van der Waals surface area contributed by atoms with Gasteiger partial charge < -0.3 is 14.1 Å². The van der Waals surface area contributed by atoms with Gasteiger partial charge in [0.2, 0.25) is 0 Å². The molecule has 0 saturated carbocycles. The first kappa shape index (κ1) is 13.4. The number of ether oxygens (including phenoxy) is 1. The zero-order valence-corrected chi connectivity index (χ0v) is 12.5. The summed E-state index contributed by atoms with van der Waals surface area (Å²) in [5, 5.41) is 0. The first-order valence-electron chi connectivity index (χ1n) is 7.86. The summed E-state index contributed by atoms with van der Waals surface area (Å²) in [6.45, 7) is 1.45. The van der Waals surface area contributed by atoms with E-state index >= 15 is 0 Å². The number of furan rings is 1. The maximum absolute atomic E-state index is 12.3. The Labute approximate surface area is 129 Å². The number of rotatable bonds is 1. The molecule has 2 aromatic rings. The highest BCUT2D eigenvalue weighted by Crippen LogP contribution is 2.39. The van der Waals surface area contributed by atoms with E-state index in [1.165, 1.54) is 5.56 Å². The molecule has 1 amide bonds. The van der Waals surface area contributed by atoms with Crippen LogP contribution >= 0.6 is 0 Å². The van der Waals surface area contributed by atoms with Gasteiger partial charge in [0.05, 0.1) is 6.26 Å².